The molecule has 100 valence electrons. The van der Waals surface area contributed by atoms with E-state index in [1.807, 2.05) is 0 Å². The minimum atomic E-state index is -1.19. The Morgan fingerprint density at radius 2 is 2.21 bits per heavy atom. The van der Waals surface area contributed by atoms with Gasteiger partial charge in [-0.15, -0.1) is 0 Å². The Morgan fingerprint density at radius 3 is 2.84 bits per heavy atom. The van der Waals surface area contributed by atoms with E-state index in [0.29, 0.717) is 24.5 Å². The number of aliphatic carboxylic acids is 1. The summed E-state index contributed by atoms with van der Waals surface area (Å²) in [5.41, 5.74) is 1.12. The van der Waals surface area contributed by atoms with Crippen LogP contribution in [0.3, 0.4) is 0 Å². The molecule has 0 unspecified atom stereocenters. The fraction of sp³-hybridized carbons (Fsp3) is 0.250. The molecule has 1 aliphatic heterocycles. The van der Waals surface area contributed by atoms with Crippen LogP contribution in [-0.4, -0.2) is 36.1 Å². The number of hydrogen-bond donors (Lipinski definition) is 3. The number of carbonyl (C=O) groups is 3. The van der Waals surface area contributed by atoms with Gasteiger partial charge in [0, 0.05) is 24.5 Å². The first-order valence-corrected chi connectivity index (χ1v) is 5.73. The van der Waals surface area contributed by atoms with Gasteiger partial charge >= 0.3 is 12.0 Å². The van der Waals surface area contributed by atoms with Crippen LogP contribution in [0.15, 0.2) is 24.3 Å². The van der Waals surface area contributed by atoms with Crippen LogP contribution in [0.2, 0.25) is 0 Å². The Bertz CT molecular complexity index is 529. The first kappa shape index (κ1) is 12.9. The van der Waals surface area contributed by atoms with E-state index in [9.17, 15) is 14.4 Å². The maximum atomic E-state index is 11.5. The van der Waals surface area contributed by atoms with Crippen LogP contribution in [0.4, 0.5) is 16.2 Å². The molecule has 1 aliphatic rings. The van der Waals surface area contributed by atoms with Crippen molar-refractivity contribution in [3.8, 4) is 0 Å². The molecular weight excluding hydrogens is 250 g/mol. The SMILES string of the molecule is O=C(O)CC(=O)Nc1cccc(N2CCNC2=O)c1. The van der Waals surface area contributed by atoms with Gasteiger partial charge in [-0.2, -0.15) is 0 Å². The second-order valence-electron chi connectivity index (χ2n) is 4.05. The van der Waals surface area contributed by atoms with E-state index >= 15 is 0 Å². The third kappa shape index (κ3) is 3.21. The third-order valence-corrected chi connectivity index (χ3v) is 2.61. The minimum absolute atomic E-state index is 0.186. The maximum absolute atomic E-state index is 11.5. The van der Waals surface area contributed by atoms with Gasteiger partial charge in [-0.05, 0) is 18.2 Å². The Balaban J connectivity index is 2.09. The van der Waals surface area contributed by atoms with Crippen LogP contribution in [0.25, 0.3) is 0 Å². The Morgan fingerprint density at radius 1 is 1.42 bits per heavy atom. The molecule has 19 heavy (non-hydrogen) atoms. The van der Waals surface area contributed by atoms with Gasteiger partial charge in [0.2, 0.25) is 5.91 Å². The number of carboxylic acid groups (broad SMARTS) is 1. The van der Waals surface area contributed by atoms with E-state index in [1.165, 1.54) is 0 Å². The molecule has 3 N–H and O–H groups in total. The zero-order valence-corrected chi connectivity index (χ0v) is 10.0. The van der Waals surface area contributed by atoms with Crippen molar-refractivity contribution in [2.75, 3.05) is 23.3 Å². The quantitative estimate of drug-likeness (QED) is 0.694. The normalized spacial score (nSPS) is 14.1. The van der Waals surface area contributed by atoms with Gasteiger partial charge in [0.15, 0.2) is 0 Å². The number of benzene rings is 1. The first-order chi connectivity index (χ1) is 9.06. The molecule has 7 heteroatoms. The zero-order chi connectivity index (χ0) is 13.8. The van der Waals surface area contributed by atoms with Gasteiger partial charge in [0.1, 0.15) is 6.42 Å². The summed E-state index contributed by atoms with van der Waals surface area (Å²) in [7, 11) is 0. The summed E-state index contributed by atoms with van der Waals surface area (Å²) >= 11 is 0. The van der Waals surface area contributed by atoms with Gasteiger partial charge in [-0.25, -0.2) is 4.79 Å². The molecule has 1 aromatic rings. The Labute approximate surface area is 109 Å². The van der Waals surface area contributed by atoms with Crippen molar-refractivity contribution in [1.82, 2.24) is 5.32 Å². The first-order valence-electron chi connectivity index (χ1n) is 5.73. The molecule has 2 rings (SSSR count). The fourth-order valence-electron chi connectivity index (χ4n) is 1.81. The van der Waals surface area contributed by atoms with Crippen molar-refractivity contribution in [1.29, 1.82) is 0 Å². The molecule has 0 aromatic heterocycles. The van der Waals surface area contributed by atoms with Crippen LogP contribution < -0.4 is 15.5 Å². The lowest BCUT2D eigenvalue weighted by Gasteiger charge is -2.15. The Kier molecular flexibility index (Phi) is 3.65. The fourth-order valence-corrected chi connectivity index (χ4v) is 1.81. The summed E-state index contributed by atoms with van der Waals surface area (Å²) in [4.78, 5) is 34.8. The average molecular weight is 263 g/mol. The van der Waals surface area contributed by atoms with Crippen molar-refractivity contribution < 1.29 is 19.5 Å². The van der Waals surface area contributed by atoms with Crippen molar-refractivity contribution in [3.63, 3.8) is 0 Å². The number of nitrogens with zero attached hydrogens (tertiary/aromatic N) is 1. The number of rotatable bonds is 4. The lowest BCUT2D eigenvalue weighted by Crippen LogP contribution is -2.27. The van der Waals surface area contributed by atoms with Crippen molar-refractivity contribution in [3.05, 3.63) is 24.3 Å². The van der Waals surface area contributed by atoms with Crippen LogP contribution in [0, 0.1) is 0 Å². The predicted molar refractivity (Wildman–Crippen MR) is 68.1 cm³/mol. The van der Waals surface area contributed by atoms with Crippen molar-refractivity contribution in [2.24, 2.45) is 0 Å². The second-order valence-corrected chi connectivity index (χ2v) is 4.05. The smallest absolute Gasteiger partial charge is 0.321 e. The van der Waals surface area contributed by atoms with Crippen LogP contribution in [-0.2, 0) is 9.59 Å². The number of urea groups is 1. The number of amides is 3. The van der Waals surface area contributed by atoms with Gasteiger partial charge in [0.25, 0.3) is 0 Å². The number of carboxylic acids is 1. The maximum Gasteiger partial charge on any atom is 0.321 e. The largest absolute Gasteiger partial charge is 0.481 e. The highest BCUT2D eigenvalue weighted by molar-refractivity contribution is 6.02. The molecule has 1 fully saturated rings. The summed E-state index contributed by atoms with van der Waals surface area (Å²) in [6.45, 7) is 1.14. The van der Waals surface area contributed by atoms with E-state index in [1.54, 1.807) is 29.2 Å². The number of nitrogens with one attached hydrogen (secondary N) is 2. The van der Waals surface area contributed by atoms with Crippen molar-refractivity contribution >= 4 is 29.3 Å². The summed E-state index contributed by atoms with van der Waals surface area (Å²) < 4.78 is 0. The minimum Gasteiger partial charge on any atom is -0.481 e. The van der Waals surface area contributed by atoms with Crippen LogP contribution in [0.5, 0.6) is 0 Å². The van der Waals surface area contributed by atoms with E-state index in [0.717, 1.165) is 0 Å². The van der Waals surface area contributed by atoms with E-state index in [4.69, 9.17) is 5.11 Å². The standard InChI is InChI=1S/C12H13N3O4/c16-10(7-11(17)18)14-8-2-1-3-9(6-8)15-5-4-13-12(15)19/h1-3,6H,4-5,7H2,(H,13,19)(H,14,16)(H,17,18). The molecule has 7 nitrogen and oxygen atoms in total. The van der Waals surface area contributed by atoms with E-state index in [2.05, 4.69) is 10.6 Å². The lowest BCUT2D eigenvalue weighted by molar-refractivity contribution is -0.139. The molecule has 1 aromatic carbocycles. The molecule has 3 amide bonds. The highest BCUT2D eigenvalue weighted by atomic mass is 16.4. The van der Waals surface area contributed by atoms with Gasteiger partial charge in [-0.3, -0.25) is 14.5 Å². The van der Waals surface area contributed by atoms with E-state index in [-0.39, 0.29) is 6.03 Å². The highest BCUT2D eigenvalue weighted by Crippen LogP contribution is 2.21. The summed E-state index contributed by atoms with van der Waals surface area (Å²) in [5.74, 6) is -1.79. The lowest BCUT2D eigenvalue weighted by atomic mass is 10.2. The average Bonchev–Trinajstić information content (AvgIpc) is 2.74. The topological polar surface area (TPSA) is 98.7 Å². The summed E-state index contributed by atoms with van der Waals surface area (Å²) in [6.07, 6.45) is -0.589. The molecule has 1 heterocycles. The second kappa shape index (κ2) is 5.38. The van der Waals surface area contributed by atoms with Gasteiger partial charge < -0.3 is 15.7 Å². The molecule has 0 spiro atoms. The molecule has 0 aliphatic carbocycles. The monoisotopic (exact) mass is 263 g/mol. The van der Waals surface area contributed by atoms with E-state index < -0.39 is 18.3 Å². The highest BCUT2D eigenvalue weighted by Gasteiger charge is 2.21. The van der Waals surface area contributed by atoms with Crippen molar-refractivity contribution in [2.45, 2.75) is 6.42 Å². The van der Waals surface area contributed by atoms with Crippen LogP contribution in [0.1, 0.15) is 6.42 Å². The summed E-state index contributed by atoms with van der Waals surface area (Å²) in [6, 6.07) is 6.52. The Hall–Kier alpha value is -2.57. The predicted octanol–water partition coefficient (Wildman–Crippen LogP) is 0.629. The van der Waals surface area contributed by atoms with Crippen LogP contribution >= 0.6 is 0 Å². The molecule has 1 saturated heterocycles. The number of carbonyl (C=O) groups excluding carboxylic acids is 2. The molecular formula is C12H13N3O4. The molecule has 0 bridgehead atoms. The third-order valence-electron chi connectivity index (χ3n) is 2.61. The zero-order valence-electron chi connectivity index (χ0n) is 10.0. The number of hydrogen-bond acceptors (Lipinski definition) is 3. The molecule has 0 atom stereocenters. The number of anilines is 2. The van der Waals surface area contributed by atoms with Gasteiger partial charge in [-0.1, -0.05) is 6.07 Å². The molecule has 0 saturated carbocycles. The summed E-state index contributed by atoms with van der Waals surface area (Å²) in [5, 5.41) is 13.7. The van der Waals surface area contributed by atoms with Gasteiger partial charge in [0.05, 0.1) is 0 Å². The molecule has 0 radical (unpaired) electrons.